The van der Waals surface area contributed by atoms with Gasteiger partial charge in [-0.3, -0.25) is 19.2 Å². The Balaban J connectivity index is 2.22. The van der Waals surface area contributed by atoms with Crippen LogP contribution in [0.3, 0.4) is 0 Å². The summed E-state index contributed by atoms with van der Waals surface area (Å²) in [5, 5.41) is 12.4. The number of esters is 4. The van der Waals surface area contributed by atoms with Gasteiger partial charge < -0.3 is 28.8 Å². The minimum absolute atomic E-state index is 0.00469. The quantitative estimate of drug-likeness (QED) is 0.319. The Bertz CT molecular complexity index is 1380. The number of halogens is 1. The molecule has 5 atom stereocenters. The predicted molar refractivity (Wildman–Crippen MR) is 150 cm³/mol. The number of carbonyl (C=O) groups is 4. The van der Waals surface area contributed by atoms with Crippen LogP contribution < -0.4 is 0 Å². The Morgan fingerprint density at radius 2 is 1.51 bits per heavy atom. The van der Waals surface area contributed by atoms with Gasteiger partial charge >= 0.3 is 23.9 Å². The van der Waals surface area contributed by atoms with E-state index in [2.05, 4.69) is 15.9 Å². The largest absolute Gasteiger partial charge is 0.463 e. The molecule has 1 heterocycles. The maximum Gasteiger partial charge on any atom is 0.303 e. The second kappa shape index (κ2) is 13.6. The van der Waals surface area contributed by atoms with Gasteiger partial charge in [0, 0.05) is 43.1 Å². The van der Waals surface area contributed by atoms with E-state index < -0.39 is 88.3 Å². The van der Waals surface area contributed by atoms with Crippen LogP contribution in [0, 0.1) is 6.92 Å². The number of aryl methyl sites for hydroxylation is 2. The molecule has 3 rings (SSSR count). The first-order chi connectivity index (χ1) is 21.4. The van der Waals surface area contributed by atoms with Crippen LogP contribution in [-0.2, 0) is 61.5 Å². The van der Waals surface area contributed by atoms with Crippen LogP contribution in [0.15, 0.2) is 40.9 Å². The zero-order valence-electron chi connectivity index (χ0n) is 26.7. The first-order valence-corrected chi connectivity index (χ1v) is 13.4. The molecule has 0 aliphatic carbocycles. The molecular formula is C30H35BrO10. The molecule has 0 spiro atoms. The molecule has 2 aromatic carbocycles. The highest BCUT2D eigenvalue weighted by atomic mass is 79.9. The average Bonchev–Trinajstić information content (AvgIpc) is 3.03. The van der Waals surface area contributed by atoms with Crippen molar-refractivity contribution in [2.24, 2.45) is 0 Å². The molecule has 1 N–H and O–H groups in total. The molecule has 0 aromatic heterocycles. The minimum Gasteiger partial charge on any atom is -0.463 e. The summed E-state index contributed by atoms with van der Waals surface area (Å²) in [5.41, 5.74) is 3.68. The fourth-order valence-electron chi connectivity index (χ4n) is 4.65. The molecule has 11 heteroatoms. The van der Waals surface area contributed by atoms with Gasteiger partial charge in [0.15, 0.2) is 12.2 Å². The standard InChI is InChI=1S/C30H35BrO10/c1-7-21-8-10-22(11-9-21)13-23-14-24(25(31)12-16(23)2)30(36)29(40-20(6)35)28(39-19(5)34)27(38-18(4)33)26(41-30)15-37-17(3)32/h8-12,14,26-29,36H,7,13,15H2,1-6H3/t26-,27-,28+,29-,30?/m1/s1/i3D,4D,5D,6D. The van der Waals surface area contributed by atoms with Crippen LogP contribution in [0.5, 0.6) is 0 Å². The van der Waals surface area contributed by atoms with Crippen LogP contribution in [0.4, 0.5) is 0 Å². The summed E-state index contributed by atoms with van der Waals surface area (Å²) in [6.45, 7) is -0.244. The van der Waals surface area contributed by atoms with Crippen molar-refractivity contribution in [3.05, 3.63) is 68.7 Å². The number of aliphatic hydroxyl groups is 1. The molecule has 41 heavy (non-hydrogen) atoms. The minimum atomic E-state index is -2.67. The summed E-state index contributed by atoms with van der Waals surface area (Å²) in [6.07, 6.45) is -5.80. The third-order valence-corrected chi connectivity index (χ3v) is 7.20. The molecule has 222 valence electrons. The van der Waals surface area contributed by atoms with Gasteiger partial charge in [0.1, 0.15) is 12.7 Å². The van der Waals surface area contributed by atoms with E-state index in [4.69, 9.17) is 29.2 Å². The summed E-state index contributed by atoms with van der Waals surface area (Å²) in [7, 11) is 0. The summed E-state index contributed by atoms with van der Waals surface area (Å²) in [6, 6.07) is 11.3. The lowest BCUT2D eigenvalue weighted by Gasteiger charge is -2.49. The maximum atomic E-state index is 12.5. The molecule has 10 nitrogen and oxygen atoms in total. The van der Waals surface area contributed by atoms with Crippen molar-refractivity contribution >= 4 is 39.8 Å². The van der Waals surface area contributed by atoms with Gasteiger partial charge in [-0.25, -0.2) is 0 Å². The molecule has 1 aliphatic rings. The summed E-state index contributed by atoms with van der Waals surface area (Å²) in [4.78, 5) is 49.2. The Kier molecular flexibility index (Phi) is 8.82. The van der Waals surface area contributed by atoms with Crippen molar-refractivity contribution in [2.45, 2.75) is 84.5 Å². The zero-order chi connectivity index (χ0) is 33.3. The number of hydrogen-bond donors (Lipinski definition) is 1. The van der Waals surface area contributed by atoms with Crippen LogP contribution in [0.25, 0.3) is 0 Å². The first kappa shape index (κ1) is 26.6. The molecule has 1 saturated heterocycles. The Hall–Kier alpha value is -3.28. The van der Waals surface area contributed by atoms with Gasteiger partial charge in [0.05, 0.1) is 0 Å². The number of ether oxygens (including phenoxy) is 5. The van der Waals surface area contributed by atoms with Crippen LogP contribution in [0.1, 0.15) is 67.8 Å². The van der Waals surface area contributed by atoms with Gasteiger partial charge in [-0.2, -0.15) is 0 Å². The molecule has 2 aromatic rings. The van der Waals surface area contributed by atoms with Crippen molar-refractivity contribution in [2.75, 3.05) is 6.61 Å². The summed E-state index contributed by atoms with van der Waals surface area (Å²) in [5.74, 6) is -7.07. The number of rotatable bonds is 9. The normalized spacial score (nSPS) is 25.1. The summed E-state index contributed by atoms with van der Waals surface area (Å²) < 4.78 is 57.2. The van der Waals surface area contributed by atoms with Gasteiger partial charge in [0.25, 0.3) is 0 Å². The molecular weight excluding hydrogens is 600 g/mol. The van der Waals surface area contributed by atoms with Crippen molar-refractivity contribution in [1.29, 1.82) is 0 Å². The smallest absolute Gasteiger partial charge is 0.303 e. The third-order valence-electron chi connectivity index (χ3n) is 6.54. The monoisotopic (exact) mass is 638 g/mol. The molecule has 0 radical (unpaired) electrons. The van der Waals surface area contributed by atoms with E-state index in [1.54, 1.807) is 12.1 Å². The molecule has 1 unspecified atom stereocenters. The predicted octanol–water partition coefficient (Wildman–Crippen LogP) is 3.81. The van der Waals surface area contributed by atoms with Gasteiger partial charge in [0.2, 0.25) is 11.9 Å². The van der Waals surface area contributed by atoms with Gasteiger partial charge in [-0.15, -0.1) is 0 Å². The van der Waals surface area contributed by atoms with Crippen LogP contribution in [0.2, 0.25) is 0 Å². The highest BCUT2D eigenvalue weighted by molar-refractivity contribution is 9.10. The number of carbonyl (C=O) groups excluding carboxylic acids is 4. The van der Waals surface area contributed by atoms with E-state index in [0.717, 1.165) is 28.7 Å². The van der Waals surface area contributed by atoms with Crippen molar-refractivity contribution in [3.63, 3.8) is 0 Å². The molecule has 1 fully saturated rings. The SMILES string of the molecule is [2H]CC(=O)OC[C@H]1OC(O)(c2cc(Cc3ccc(CC)cc3)c(C)cc2Br)[C@H](OC(=O)C[2H])[C@@H](OC(=O)C[2H])[C@@H]1OC(=O)C[2H]. The first-order valence-electron chi connectivity index (χ1n) is 15.4. The van der Waals surface area contributed by atoms with Crippen molar-refractivity contribution in [1.82, 2.24) is 0 Å². The van der Waals surface area contributed by atoms with Gasteiger partial charge in [-0.1, -0.05) is 47.1 Å². The van der Waals surface area contributed by atoms with Crippen LogP contribution >= 0.6 is 15.9 Å². The average molecular weight is 640 g/mol. The highest BCUT2D eigenvalue weighted by Crippen LogP contribution is 2.44. The van der Waals surface area contributed by atoms with Gasteiger partial charge in [-0.05, 0) is 54.2 Å². The van der Waals surface area contributed by atoms with Crippen molar-refractivity contribution in [3.8, 4) is 0 Å². The fraction of sp³-hybridized carbons (Fsp3) is 0.467. The fourth-order valence-corrected chi connectivity index (χ4v) is 5.39. The topological polar surface area (TPSA) is 135 Å². The van der Waals surface area contributed by atoms with E-state index in [1.165, 1.54) is 0 Å². The molecule has 0 amide bonds. The third kappa shape index (κ3) is 7.93. The van der Waals surface area contributed by atoms with E-state index >= 15 is 0 Å². The second-order valence-electron chi connectivity index (χ2n) is 9.46. The molecule has 0 bridgehead atoms. The Labute approximate surface area is 253 Å². The maximum absolute atomic E-state index is 12.5. The van der Waals surface area contributed by atoms with E-state index in [-0.39, 0.29) is 10.0 Å². The Morgan fingerprint density at radius 3 is 2.12 bits per heavy atom. The van der Waals surface area contributed by atoms with E-state index in [9.17, 15) is 24.3 Å². The molecule has 0 saturated carbocycles. The Morgan fingerprint density at radius 1 is 0.927 bits per heavy atom. The van der Waals surface area contributed by atoms with E-state index in [1.807, 2.05) is 38.1 Å². The lowest BCUT2D eigenvalue weighted by Crippen LogP contribution is -2.66. The van der Waals surface area contributed by atoms with E-state index in [0.29, 0.717) is 6.42 Å². The lowest BCUT2D eigenvalue weighted by molar-refractivity contribution is -0.360. The van der Waals surface area contributed by atoms with Crippen LogP contribution in [-0.4, -0.2) is 60.0 Å². The number of hydrogen-bond acceptors (Lipinski definition) is 10. The van der Waals surface area contributed by atoms with Crippen molar-refractivity contribution < 1.29 is 53.5 Å². The lowest BCUT2D eigenvalue weighted by atomic mass is 9.85. The summed E-state index contributed by atoms with van der Waals surface area (Å²) >= 11 is 3.44. The molecule has 1 aliphatic heterocycles. The number of benzene rings is 2. The highest BCUT2D eigenvalue weighted by Gasteiger charge is 2.61. The zero-order valence-corrected chi connectivity index (χ0v) is 24.3. The second-order valence-corrected chi connectivity index (χ2v) is 10.3.